The van der Waals surface area contributed by atoms with Crippen LogP contribution in [0.15, 0.2) is 4.99 Å². The average molecular weight is 281 g/mol. The topological polar surface area (TPSA) is 54.9 Å². The molecule has 5 nitrogen and oxygen atoms in total. The second-order valence-corrected chi connectivity index (χ2v) is 6.30. The Morgan fingerprint density at radius 2 is 2.20 bits per heavy atom. The molecule has 0 aromatic heterocycles. The Bertz CT molecular complexity index is 366. The maximum atomic E-state index is 6.01. The summed E-state index contributed by atoms with van der Waals surface area (Å²) in [7, 11) is 3.56. The Morgan fingerprint density at radius 1 is 1.40 bits per heavy atom. The first-order valence-corrected chi connectivity index (χ1v) is 7.89. The van der Waals surface area contributed by atoms with Gasteiger partial charge in [-0.15, -0.1) is 0 Å². The number of nitrogens with zero attached hydrogens (tertiary/aromatic N) is 1. The van der Waals surface area contributed by atoms with Crippen LogP contribution in [0.4, 0.5) is 0 Å². The van der Waals surface area contributed by atoms with Crippen LogP contribution in [0.2, 0.25) is 0 Å². The van der Waals surface area contributed by atoms with E-state index in [-0.39, 0.29) is 0 Å². The van der Waals surface area contributed by atoms with E-state index in [1.54, 1.807) is 7.11 Å². The van der Waals surface area contributed by atoms with E-state index in [1.165, 1.54) is 32.1 Å². The Kier molecular flexibility index (Phi) is 4.17. The van der Waals surface area contributed by atoms with Crippen molar-refractivity contribution < 1.29 is 9.47 Å². The third kappa shape index (κ3) is 2.21. The number of hydrogen-bond donors (Lipinski definition) is 2. The highest BCUT2D eigenvalue weighted by molar-refractivity contribution is 5.80. The number of nitrogens with one attached hydrogen (secondary N) is 2. The minimum Gasteiger partial charge on any atom is -0.383 e. The van der Waals surface area contributed by atoms with Crippen molar-refractivity contribution in [2.75, 3.05) is 33.9 Å². The summed E-state index contributed by atoms with van der Waals surface area (Å²) < 4.78 is 11.1. The third-order valence-corrected chi connectivity index (χ3v) is 5.40. The van der Waals surface area contributed by atoms with Crippen molar-refractivity contribution in [3.8, 4) is 0 Å². The largest absolute Gasteiger partial charge is 0.383 e. The van der Waals surface area contributed by atoms with Crippen molar-refractivity contribution in [3.63, 3.8) is 0 Å². The number of fused-ring (bicyclic) bond motifs is 2. The van der Waals surface area contributed by atoms with Crippen LogP contribution in [0.1, 0.15) is 32.1 Å². The number of hydrogen-bond acceptors (Lipinski definition) is 3. The summed E-state index contributed by atoms with van der Waals surface area (Å²) in [5, 5.41) is 7.00. The summed E-state index contributed by atoms with van der Waals surface area (Å²) in [6.07, 6.45) is 7.00. The van der Waals surface area contributed by atoms with Crippen LogP contribution in [-0.2, 0) is 9.47 Å². The lowest BCUT2D eigenvalue weighted by molar-refractivity contribution is -0.125. The van der Waals surface area contributed by atoms with Gasteiger partial charge < -0.3 is 20.1 Å². The van der Waals surface area contributed by atoms with Gasteiger partial charge in [-0.1, -0.05) is 12.8 Å². The van der Waals surface area contributed by atoms with Crippen molar-refractivity contribution in [1.82, 2.24) is 10.6 Å². The fraction of sp³-hybridized carbons (Fsp3) is 0.933. The molecule has 114 valence electrons. The standard InChI is InChI=1S/C15H27N3O2/c1-16-14(17-8-10-19-2)18-12-11-5-9-20-13(11)15(12)6-3-4-7-15/h11-13H,3-10H2,1-2H3,(H2,16,17,18). The zero-order chi connectivity index (χ0) is 14.0. The Balaban J connectivity index is 1.63. The van der Waals surface area contributed by atoms with Crippen LogP contribution < -0.4 is 10.6 Å². The van der Waals surface area contributed by atoms with E-state index >= 15 is 0 Å². The first kappa shape index (κ1) is 14.1. The predicted octanol–water partition coefficient (Wildman–Crippen LogP) is 1.15. The summed E-state index contributed by atoms with van der Waals surface area (Å²) in [4.78, 5) is 4.35. The summed E-state index contributed by atoms with van der Waals surface area (Å²) in [6.45, 7) is 2.43. The number of ether oxygens (including phenoxy) is 2. The molecule has 5 heteroatoms. The maximum absolute atomic E-state index is 6.01. The lowest BCUT2D eigenvalue weighted by Crippen LogP contribution is -2.69. The normalized spacial score (nSPS) is 34.9. The van der Waals surface area contributed by atoms with Crippen molar-refractivity contribution >= 4 is 5.96 Å². The Morgan fingerprint density at radius 3 is 2.90 bits per heavy atom. The van der Waals surface area contributed by atoms with Gasteiger partial charge in [0.25, 0.3) is 0 Å². The SMILES string of the molecule is CN=C(NCCOC)NC1C2CCOC2C12CCCC2. The van der Waals surface area contributed by atoms with E-state index in [1.807, 2.05) is 7.05 Å². The number of guanidine groups is 1. The molecule has 3 unspecified atom stereocenters. The molecule has 1 aliphatic heterocycles. The number of methoxy groups -OCH3 is 1. The zero-order valence-electron chi connectivity index (χ0n) is 12.7. The highest BCUT2D eigenvalue weighted by atomic mass is 16.5. The molecular weight excluding hydrogens is 254 g/mol. The predicted molar refractivity (Wildman–Crippen MR) is 78.9 cm³/mol. The van der Waals surface area contributed by atoms with Gasteiger partial charge in [-0.25, -0.2) is 0 Å². The van der Waals surface area contributed by atoms with Crippen LogP contribution in [0.5, 0.6) is 0 Å². The van der Waals surface area contributed by atoms with Crippen molar-refractivity contribution in [1.29, 1.82) is 0 Å². The van der Waals surface area contributed by atoms with Gasteiger partial charge in [0.15, 0.2) is 5.96 Å². The molecule has 1 saturated heterocycles. The van der Waals surface area contributed by atoms with E-state index in [0.717, 1.165) is 19.1 Å². The number of rotatable bonds is 4. The average Bonchev–Trinajstić information content (AvgIpc) is 3.10. The minimum absolute atomic E-state index is 0.375. The molecule has 1 spiro atoms. The maximum Gasteiger partial charge on any atom is 0.191 e. The van der Waals surface area contributed by atoms with Gasteiger partial charge in [-0.2, -0.15) is 0 Å². The molecule has 3 fully saturated rings. The van der Waals surface area contributed by atoms with Crippen molar-refractivity contribution in [2.24, 2.45) is 16.3 Å². The summed E-state index contributed by atoms with van der Waals surface area (Å²) >= 11 is 0. The first-order chi connectivity index (χ1) is 9.81. The smallest absolute Gasteiger partial charge is 0.191 e. The molecule has 3 atom stereocenters. The number of aliphatic imine (C=N–C) groups is 1. The third-order valence-electron chi connectivity index (χ3n) is 5.40. The molecule has 0 radical (unpaired) electrons. The van der Waals surface area contributed by atoms with Crippen LogP contribution in [0.3, 0.4) is 0 Å². The molecule has 20 heavy (non-hydrogen) atoms. The molecule has 0 amide bonds. The Labute approximate surface area is 121 Å². The molecule has 0 bridgehead atoms. The summed E-state index contributed by atoms with van der Waals surface area (Å²) in [6, 6.07) is 0.534. The molecule has 0 aromatic carbocycles. The molecule has 3 rings (SSSR count). The fourth-order valence-corrected chi connectivity index (χ4v) is 4.52. The molecule has 0 aromatic rings. The highest BCUT2D eigenvalue weighted by Crippen LogP contribution is 2.60. The van der Waals surface area contributed by atoms with Gasteiger partial charge in [0.1, 0.15) is 0 Å². The minimum atomic E-state index is 0.375. The molecular formula is C15H27N3O2. The zero-order valence-corrected chi connectivity index (χ0v) is 12.7. The van der Waals surface area contributed by atoms with Crippen molar-refractivity contribution in [3.05, 3.63) is 0 Å². The lowest BCUT2D eigenvalue weighted by atomic mass is 9.54. The van der Waals surface area contributed by atoms with E-state index in [0.29, 0.717) is 30.1 Å². The van der Waals surface area contributed by atoms with E-state index in [4.69, 9.17) is 9.47 Å². The van der Waals surface area contributed by atoms with Crippen LogP contribution in [0.25, 0.3) is 0 Å². The summed E-state index contributed by atoms with van der Waals surface area (Å²) in [5.74, 6) is 1.58. The highest BCUT2D eigenvalue weighted by Gasteiger charge is 2.65. The molecule has 2 saturated carbocycles. The summed E-state index contributed by atoms with van der Waals surface area (Å²) in [5.41, 5.74) is 0.375. The molecule has 1 heterocycles. The first-order valence-electron chi connectivity index (χ1n) is 7.89. The molecule has 2 aliphatic carbocycles. The van der Waals surface area contributed by atoms with Gasteiger partial charge >= 0.3 is 0 Å². The van der Waals surface area contributed by atoms with Gasteiger partial charge in [0.05, 0.1) is 12.7 Å². The Hall–Kier alpha value is -0.810. The van der Waals surface area contributed by atoms with Crippen LogP contribution in [-0.4, -0.2) is 52.0 Å². The van der Waals surface area contributed by atoms with Gasteiger partial charge in [0, 0.05) is 44.7 Å². The van der Waals surface area contributed by atoms with Crippen molar-refractivity contribution in [2.45, 2.75) is 44.2 Å². The van der Waals surface area contributed by atoms with Gasteiger partial charge in [-0.05, 0) is 19.3 Å². The van der Waals surface area contributed by atoms with Crippen LogP contribution >= 0.6 is 0 Å². The molecule has 2 N–H and O–H groups in total. The van der Waals surface area contributed by atoms with Gasteiger partial charge in [0.2, 0.25) is 0 Å². The van der Waals surface area contributed by atoms with E-state index in [2.05, 4.69) is 15.6 Å². The van der Waals surface area contributed by atoms with E-state index < -0.39 is 0 Å². The second-order valence-electron chi connectivity index (χ2n) is 6.30. The quantitative estimate of drug-likeness (QED) is 0.461. The van der Waals surface area contributed by atoms with Gasteiger partial charge in [-0.3, -0.25) is 4.99 Å². The van der Waals surface area contributed by atoms with E-state index in [9.17, 15) is 0 Å². The molecule has 3 aliphatic rings. The van der Waals surface area contributed by atoms with Crippen LogP contribution in [0, 0.1) is 11.3 Å². The fourth-order valence-electron chi connectivity index (χ4n) is 4.52. The monoisotopic (exact) mass is 281 g/mol. The lowest BCUT2D eigenvalue weighted by Gasteiger charge is -2.57. The second kappa shape index (κ2) is 5.90.